The zero-order valence-electron chi connectivity index (χ0n) is 21.8. The Hall–Kier alpha value is -4.47. The summed E-state index contributed by atoms with van der Waals surface area (Å²) < 4.78 is 15.1. The van der Waals surface area contributed by atoms with Gasteiger partial charge in [-0.05, 0) is 49.5 Å². The van der Waals surface area contributed by atoms with Crippen LogP contribution in [-0.4, -0.2) is 60.8 Å². The van der Waals surface area contributed by atoms with Crippen molar-refractivity contribution in [1.29, 1.82) is 0 Å². The third-order valence-corrected chi connectivity index (χ3v) is 7.95. The molecule has 1 fully saturated rings. The van der Waals surface area contributed by atoms with Crippen molar-refractivity contribution in [2.24, 2.45) is 23.7 Å². The van der Waals surface area contributed by atoms with Crippen molar-refractivity contribution in [2.45, 2.75) is 19.8 Å². The topological polar surface area (TPSA) is 137 Å². The maximum absolute atomic E-state index is 13.4. The van der Waals surface area contributed by atoms with Gasteiger partial charge in [-0.25, -0.2) is 4.79 Å². The van der Waals surface area contributed by atoms with Gasteiger partial charge in [0, 0.05) is 22.6 Å². The van der Waals surface area contributed by atoms with E-state index in [9.17, 15) is 29.1 Å². The van der Waals surface area contributed by atoms with E-state index in [1.54, 1.807) is 31.2 Å². The summed E-state index contributed by atoms with van der Waals surface area (Å²) in [5.41, 5.74) is 2.32. The molecule has 202 valence electrons. The number of ether oxygens (including phenoxy) is 3. The lowest BCUT2D eigenvalue weighted by atomic mass is 9.60. The molecule has 10 nitrogen and oxygen atoms in total. The second kappa shape index (κ2) is 9.68. The number of hydrogen-bond donors (Lipinski definition) is 1. The minimum absolute atomic E-state index is 0.107. The van der Waals surface area contributed by atoms with Crippen LogP contribution in [0.4, 0.5) is 4.79 Å². The van der Waals surface area contributed by atoms with Crippen LogP contribution in [0.5, 0.6) is 17.2 Å². The Morgan fingerprint density at radius 3 is 2.31 bits per heavy atom. The molecule has 3 aliphatic carbocycles. The predicted octanol–water partition coefficient (Wildman–Crippen LogP) is 3.15. The Kier molecular flexibility index (Phi) is 6.49. The highest BCUT2D eigenvalue weighted by atomic mass is 16.5. The summed E-state index contributed by atoms with van der Waals surface area (Å²) in [5, 5.41) is 10.3. The van der Waals surface area contributed by atoms with Crippen molar-refractivity contribution in [1.82, 2.24) is 4.90 Å². The first-order valence-corrected chi connectivity index (χ1v) is 12.4. The molecule has 0 saturated carbocycles. The Morgan fingerprint density at radius 2 is 1.69 bits per heavy atom. The van der Waals surface area contributed by atoms with Crippen LogP contribution in [0.15, 0.2) is 52.7 Å². The van der Waals surface area contributed by atoms with E-state index < -0.39 is 41.6 Å². The summed E-state index contributed by atoms with van der Waals surface area (Å²) >= 11 is 0. The van der Waals surface area contributed by atoms with E-state index in [4.69, 9.17) is 9.47 Å². The number of Topliss-reactive ketones (excluding diaryl/α,β-unsaturated/α-hetero) is 1. The van der Waals surface area contributed by atoms with Crippen LogP contribution < -0.4 is 9.47 Å². The molecule has 4 atom stereocenters. The fourth-order valence-electron chi connectivity index (χ4n) is 6.13. The Balaban J connectivity index is 1.61. The molecule has 1 aromatic carbocycles. The summed E-state index contributed by atoms with van der Waals surface area (Å²) in [6.07, 6.45) is 5.92. The van der Waals surface area contributed by atoms with E-state index >= 15 is 0 Å². The molecule has 1 aromatic rings. The van der Waals surface area contributed by atoms with E-state index in [0.717, 1.165) is 12.7 Å². The van der Waals surface area contributed by atoms with Crippen LogP contribution in [0.3, 0.4) is 0 Å². The fourth-order valence-corrected chi connectivity index (χ4v) is 6.13. The molecule has 0 aromatic heterocycles. The molecule has 0 bridgehead atoms. The number of hydrogen-bond acceptors (Lipinski definition) is 9. The smallest absolute Gasteiger partial charge is 0.423 e. The molecule has 0 radical (unpaired) electrons. The molecule has 3 amide bonds. The first kappa shape index (κ1) is 26.1. The van der Waals surface area contributed by atoms with Crippen LogP contribution in [0.25, 0.3) is 6.08 Å². The lowest BCUT2D eigenvalue weighted by Gasteiger charge is -2.41. The maximum atomic E-state index is 13.4. The summed E-state index contributed by atoms with van der Waals surface area (Å²) in [5.74, 6) is -4.45. The number of ketones is 2. The molecule has 39 heavy (non-hydrogen) atoms. The third kappa shape index (κ3) is 3.98. The van der Waals surface area contributed by atoms with Gasteiger partial charge in [0.25, 0.3) is 0 Å². The van der Waals surface area contributed by atoms with E-state index in [0.29, 0.717) is 27.2 Å². The Morgan fingerprint density at radius 1 is 1.03 bits per heavy atom. The molecule has 1 N–H and O–H groups in total. The summed E-state index contributed by atoms with van der Waals surface area (Å²) in [6.45, 7) is 1.59. The number of rotatable bonds is 4. The van der Waals surface area contributed by atoms with Crippen molar-refractivity contribution in [3.8, 4) is 17.2 Å². The van der Waals surface area contributed by atoms with Crippen LogP contribution in [0.2, 0.25) is 0 Å². The monoisotopic (exact) mass is 533 g/mol. The molecule has 1 aliphatic heterocycles. The third-order valence-electron chi connectivity index (χ3n) is 7.95. The molecule has 4 aliphatic rings. The second-order valence-corrected chi connectivity index (χ2v) is 9.89. The number of allylic oxidation sites excluding steroid dienone is 7. The number of nitrogens with zero attached hydrogens (tertiary/aromatic N) is 1. The van der Waals surface area contributed by atoms with Gasteiger partial charge in [-0.1, -0.05) is 23.8 Å². The van der Waals surface area contributed by atoms with Crippen molar-refractivity contribution in [3.63, 3.8) is 0 Å². The van der Waals surface area contributed by atoms with E-state index in [1.165, 1.54) is 20.3 Å². The van der Waals surface area contributed by atoms with E-state index in [-0.39, 0.29) is 41.7 Å². The van der Waals surface area contributed by atoms with Gasteiger partial charge in [0.15, 0.2) is 23.1 Å². The number of phenols is 1. The largest absolute Gasteiger partial charge is 0.502 e. The summed E-state index contributed by atoms with van der Waals surface area (Å²) in [7, 11) is 3.92. The number of fused-ring (bicyclic) bond motifs is 3. The number of methoxy groups -OCH3 is 3. The van der Waals surface area contributed by atoms with Crippen molar-refractivity contribution in [2.75, 3.05) is 21.3 Å². The van der Waals surface area contributed by atoms with Crippen molar-refractivity contribution >= 4 is 35.6 Å². The number of carbonyl (C=O) groups excluding carboxylic acids is 5. The Bertz CT molecular complexity index is 1440. The number of imide groups is 3. The SMILES string of the molecule is COC(=O)N1C(=O)[C@H]2[C@H](CC=C3[C@H](C=Cc4cc(OC)c(O)c(OC)c4)C4=C(C[C@H]32)C(=O)C=C(C)C4=O)C1=O. The number of carbonyl (C=O) groups is 5. The second-order valence-electron chi connectivity index (χ2n) is 9.89. The summed E-state index contributed by atoms with van der Waals surface area (Å²) in [4.78, 5) is 65.6. The predicted molar refractivity (Wildman–Crippen MR) is 137 cm³/mol. The van der Waals surface area contributed by atoms with Gasteiger partial charge in [0.2, 0.25) is 17.6 Å². The average Bonchev–Trinajstić information content (AvgIpc) is 3.19. The van der Waals surface area contributed by atoms with Gasteiger partial charge in [-0.15, -0.1) is 0 Å². The van der Waals surface area contributed by atoms with Crippen LogP contribution in [0, 0.1) is 23.7 Å². The van der Waals surface area contributed by atoms with Crippen molar-refractivity contribution < 1.29 is 43.3 Å². The minimum atomic E-state index is -1.04. The standard InChI is InChI=1S/C29H27NO9/c1-13-9-20(31)19-12-18-15(7-8-17-24(18)28(35)30(27(17)34)29(36)39-4)16(23(19)25(13)32)6-5-14-10-21(37-2)26(33)22(11-14)38-3/h5-7,9-11,16-18,24,33H,8,12H2,1-4H3/t16-,17-,18+,24-/m0/s1. The molecule has 0 spiro atoms. The van der Waals surface area contributed by atoms with Gasteiger partial charge in [0.1, 0.15) is 0 Å². The first-order chi connectivity index (χ1) is 18.6. The minimum Gasteiger partial charge on any atom is -0.502 e. The molecular weight excluding hydrogens is 506 g/mol. The quantitative estimate of drug-likeness (QED) is 0.352. The number of likely N-dealkylation sites (tertiary alicyclic amines) is 1. The Labute approximate surface area is 224 Å². The zero-order valence-corrected chi connectivity index (χ0v) is 21.8. The van der Waals surface area contributed by atoms with Crippen LogP contribution >= 0.6 is 0 Å². The van der Waals surface area contributed by atoms with Gasteiger partial charge >= 0.3 is 6.09 Å². The molecule has 5 rings (SSSR count). The maximum Gasteiger partial charge on any atom is 0.423 e. The molecule has 1 heterocycles. The number of amides is 3. The van der Waals surface area contributed by atoms with E-state index in [2.05, 4.69) is 4.74 Å². The highest BCUT2D eigenvalue weighted by molar-refractivity contribution is 6.23. The molecule has 10 heteroatoms. The average molecular weight is 534 g/mol. The lowest BCUT2D eigenvalue weighted by molar-refractivity contribution is -0.137. The van der Waals surface area contributed by atoms with Gasteiger partial charge in [-0.2, -0.15) is 4.90 Å². The molecule has 1 saturated heterocycles. The van der Waals surface area contributed by atoms with Gasteiger partial charge in [-0.3, -0.25) is 19.2 Å². The van der Waals surface area contributed by atoms with Gasteiger partial charge in [0.05, 0.1) is 33.2 Å². The number of aromatic hydroxyl groups is 1. The van der Waals surface area contributed by atoms with Crippen molar-refractivity contribution in [3.05, 3.63) is 58.2 Å². The number of phenolic OH excluding ortho intramolecular Hbond substituents is 1. The number of benzene rings is 1. The van der Waals surface area contributed by atoms with Gasteiger partial charge < -0.3 is 19.3 Å². The first-order valence-electron chi connectivity index (χ1n) is 12.4. The molecular formula is C29H27NO9. The summed E-state index contributed by atoms with van der Waals surface area (Å²) in [6, 6.07) is 3.20. The lowest BCUT2D eigenvalue weighted by Crippen LogP contribution is -2.40. The van der Waals surface area contributed by atoms with Crippen LogP contribution in [-0.2, 0) is 23.9 Å². The fraction of sp³-hybridized carbons (Fsp3) is 0.345. The molecule has 0 unspecified atom stereocenters. The van der Waals surface area contributed by atoms with Crippen LogP contribution in [0.1, 0.15) is 25.3 Å². The highest BCUT2D eigenvalue weighted by Crippen LogP contribution is 2.52. The zero-order chi connectivity index (χ0) is 28.2. The van der Waals surface area contributed by atoms with E-state index in [1.807, 2.05) is 6.08 Å². The highest BCUT2D eigenvalue weighted by Gasteiger charge is 2.57. The normalized spacial score (nSPS) is 26.2.